The lowest BCUT2D eigenvalue weighted by Crippen LogP contribution is -2.13. The van der Waals surface area contributed by atoms with E-state index in [2.05, 4.69) is 26.3 Å². The Morgan fingerprint density at radius 3 is 2.73 bits per heavy atom. The molecule has 0 spiro atoms. The van der Waals surface area contributed by atoms with Crippen LogP contribution in [0.15, 0.2) is 59.2 Å². The summed E-state index contributed by atoms with van der Waals surface area (Å²) in [6, 6.07) is 15.4. The van der Waals surface area contributed by atoms with Crippen LogP contribution in [0, 0.1) is 6.92 Å². The van der Waals surface area contributed by atoms with E-state index in [1.807, 2.05) is 62.4 Å². The predicted molar refractivity (Wildman–Crippen MR) is 106 cm³/mol. The second-order valence-corrected chi connectivity index (χ2v) is 6.74. The van der Waals surface area contributed by atoms with E-state index in [1.165, 1.54) is 0 Å². The van der Waals surface area contributed by atoms with Crippen LogP contribution in [0.1, 0.15) is 28.5 Å². The largest absolute Gasteiger partial charge is 0.377 e. The summed E-state index contributed by atoms with van der Waals surface area (Å²) in [7, 11) is 0. The Balaban J connectivity index is 1.77. The monoisotopic (exact) mass is 413 g/mol. The number of hydrogen-bond acceptors (Lipinski definition) is 3. The van der Waals surface area contributed by atoms with Gasteiger partial charge in [0.25, 0.3) is 5.91 Å². The number of aromatic nitrogens is 2. The third kappa shape index (κ3) is 4.20. The van der Waals surface area contributed by atoms with Gasteiger partial charge in [0.05, 0.1) is 29.7 Å². The molecule has 0 saturated heterocycles. The topological polar surface area (TPSA) is 56.1 Å². The highest BCUT2D eigenvalue weighted by molar-refractivity contribution is 9.10. The van der Waals surface area contributed by atoms with Crippen molar-refractivity contribution in [1.82, 2.24) is 9.78 Å². The quantitative estimate of drug-likeness (QED) is 0.635. The molecule has 1 amide bonds. The third-order valence-electron chi connectivity index (χ3n) is 3.98. The summed E-state index contributed by atoms with van der Waals surface area (Å²) in [6.45, 7) is 5.03. The number of hydrogen-bond donors (Lipinski definition) is 1. The van der Waals surface area contributed by atoms with Gasteiger partial charge in [-0.15, -0.1) is 0 Å². The molecule has 0 aliphatic carbocycles. The highest BCUT2D eigenvalue weighted by Crippen LogP contribution is 2.19. The standard InChI is InChI=1S/C20H20BrN3O2/c1-3-26-13-15-5-4-6-17(11-15)23-20(25)19-12-22-24(14(19)2)18-9-7-16(21)8-10-18/h4-12H,3,13H2,1-2H3,(H,23,25). The molecule has 26 heavy (non-hydrogen) atoms. The molecule has 0 bridgehead atoms. The minimum absolute atomic E-state index is 0.181. The Bertz CT molecular complexity index is 904. The number of nitrogens with one attached hydrogen (secondary N) is 1. The number of amides is 1. The van der Waals surface area contributed by atoms with Gasteiger partial charge in [-0.05, 0) is 55.8 Å². The van der Waals surface area contributed by atoms with Crippen LogP contribution in [0.2, 0.25) is 0 Å². The van der Waals surface area contributed by atoms with E-state index in [4.69, 9.17) is 4.74 Å². The van der Waals surface area contributed by atoms with E-state index in [1.54, 1.807) is 10.9 Å². The first-order valence-corrected chi connectivity index (χ1v) is 9.16. The van der Waals surface area contributed by atoms with Crippen LogP contribution >= 0.6 is 15.9 Å². The van der Waals surface area contributed by atoms with Gasteiger partial charge in [0.15, 0.2) is 0 Å². The van der Waals surface area contributed by atoms with E-state index in [9.17, 15) is 4.79 Å². The fourth-order valence-electron chi connectivity index (χ4n) is 2.63. The van der Waals surface area contributed by atoms with Crippen LogP contribution in [0.25, 0.3) is 5.69 Å². The molecule has 0 aliphatic heterocycles. The van der Waals surface area contributed by atoms with Crippen LogP contribution in [0.4, 0.5) is 5.69 Å². The summed E-state index contributed by atoms with van der Waals surface area (Å²) < 4.78 is 8.17. The molecule has 5 nitrogen and oxygen atoms in total. The summed E-state index contributed by atoms with van der Waals surface area (Å²) >= 11 is 3.42. The fourth-order valence-corrected chi connectivity index (χ4v) is 2.90. The molecule has 3 rings (SSSR count). The number of carbonyl (C=O) groups excluding carboxylic acids is 1. The van der Waals surface area contributed by atoms with Gasteiger partial charge in [-0.1, -0.05) is 28.1 Å². The van der Waals surface area contributed by atoms with Crippen LogP contribution in [-0.4, -0.2) is 22.3 Å². The summed E-state index contributed by atoms with van der Waals surface area (Å²) in [5.41, 5.74) is 4.00. The molecule has 0 atom stereocenters. The van der Waals surface area contributed by atoms with Gasteiger partial charge < -0.3 is 10.1 Å². The van der Waals surface area contributed by atoms with Crippen molar-refractivity contribution in [1.29, 1.82) is 0 Å². The van der Waals surface area contributed by atoms with Crippen molar-refractivity contribution < 1.29 is 9.53 Å². The Morgan fingerprint density at radius 2 is 2.00 bits per heavy atom. The summed E-state index contributed by atoms with van der Waals surface area (Å²) in [4.78, 5) is 12.7. The summed E-state index contributed by atoms with van der Waals surface area (Å²) in [5, 5.41) is 7.29. The minimum atomic E-state index is -0.181. The number of nitrogens with zero attached hydrogens (tertiary/aromatic N) is 2. The smallest absolute Gasteiger partial charge is 0.259 e. The lowest BCUT2D eigenvalue weighted by Gasteiger charge is -2.08. The first-order chi connectivity index (χ1) is 12.6. The first-order valence-electron chi connectivity index (χ1n) is 8.37. The van der Waals surface area contributed by atoms with Gasteiger partial charge in [0.2, 0.25) is 0 Å². The molecular formula is C20H20BrN3O2. The Hall–Kier alpha value is -2.44. The third-order valence-corrected chi connectivity index (χ3v) is 4.51. The van der Waals surface area contributed by atoms with E-state index in [0.29, 0.717) is 18.8 Å². The number of anilines is 1. The highest BCUT2D eigenvalue weighted by atomic mass is 79.9. The second-order valence-electron chi connectivity index (χ2n) is 5.82. The molecule has 0 fully saturated rings. The normalized spacial score (nSPS) is 10.7. The lowest BCUT2D eigenvalue weighted by molar-refractivity contribution is 0.102. The summed E-state index contributed by atoms with van der Waals surface area (Å²) in [5.74, 6) is -0.181. The molecule has 0 saturated carbocycles. The van der Waals surface area contributed by atoms with E-state index < -0.39 is 0 Å². The average molecular weight is 414 g/mol. The molecule has 3 aromatic rings. The molecule has 134 valence electrons. The molecule has 1 heterocycles. The van der Waals surface area contributed by atoms with Crippen molar-refractivity contribution in [3.05, 3.63) is 76.0 Å². The van der Waals surface area contributed by atoms with Gasteiger partial charge in [-0.2, -0.15) is 5.10 Å². The van der Waals surface area contributed by atoms with Gasteiger partial charge in [-0.25, -0.2) is 4.68 Å². The fraction of sp³-hybridized carbons (Fsp3) is 0.200. The highest BCUT2D eigenvalue weighted by Gasteiger charge is 2.15. The summed E-state index contributed by atoms with van der Waals surface area (Å²) in [6.07, 6.45) is 1.59. The maximum Gasteiger partial charge on any atom is 0.259 e. The number of halogens is 1. The molecule has 0 aliphatic rings. The van der Waals surface area contributed by atoms with Crippen molar-refractivity contribution >= 4 is 27.5 Å². The van der Waals surface area contributed by atoms with Gasteiger partial charge in [-0.3, -0.25) is 4.79 Å². The Labute approximate surface area is 161 Å². The van der Waals surface area contributed by atoms with Crippen LogP contribution in [0.5, 0.6) is 0 Å². The van der Waals surface area contributed by atoms with Crippen molar-refractivity contribution in [3.63, 3.8) is 0 Å². The number of carbonyl (C=O) groups is 1. The first kappa shape index (κ1) is 18.4. The molecule has 6 heteroatoms. The van der Waals surface area contributed by atoms with Crippen molar-refractivity contribution in [3.8, 4) is 5.69 Å². The number of rotatable bonds is 6. The van der Waals surface area contributed by atoms with Gasteiger partial charge in [0, 0.05) is 16.8 Å². The van der Waals surface area contributed by atoms with E-state index in [-0.39, 0.29) is 5.91 Å². The predicted octanol–water partition coefficient (Wildman–Crippen LogP) is 4.73. The van der Waals surface area contributed by atoms with Crippen LogP contribution in [0.3, 0.4) is 0 Å². The number of benzene rings is 2. The van der Waals surface area contributed by atoms with Crippen LogP contribution < -0.4 is 5.32 Å². The molecule has 0 unspecified atom stereocenters. The van der Waals surface area contributed by atoms with Crippen LogP contribution in [-0.2, 0) is 11.3 Å². The molecule has 0 radical (unpaired) electrons. The zero-order chi connectivity index (χ0) is 18.5. The molecule has 2 aromatic carbocycles. The Kier molecular flexibility index (Phi) is 5.85. The van der Waals surface area contributed by atoms with Gasteiger partial charge >= 0.3 is 0 Å². The second kappa shape index (κ2) is 8.29. The molecular weight excluding hydrogens is 394 g/mol. The van der Waals surface area contributed by atoms with Crippen molar-refractivity contribution in [2.75, 3.05) is 11.9 Å². The molecule has 1 aromatic heterocycles. The zero-order valence-electron chi connectivity index (χ0n) is 14.7. The van der Waals surface area contributed by atoms with Gasteiger partial charge in [0.1, 0.15) is 0 Å². The van der Waals surface area contributed by atoms with E-state index in [0.717, 1.165) is 27.1 Å². The SMILES string of the molecule is CCOCc1cccc(NC(=O)c2cnn(-c3ccc(Br)cc3)c2C)c1. The van der Waals surface area contributed by atoms with E-state index >= 15 is 0 Å². The Morgan fingerprint density at radius 1 is 1.23 bits per heavy atom. The zero-order valence-corrected chi connectivity index (χ0v) is 16.3. The van der Waals surface area contributed by atoms with Crippen molar-refractivity contribution in [2.24, 2.45) is 0 Å². The average Bonchev–Trinajstić information content (AvgIpc) is 3.02. The molecule has 1 N–H and O–H groups in total. The lowest BCUT2D eigenvalue weighted by atomic mass is 10.2. The van der Waals surface area contributed by atoms with Crippen molar-refractivity contribution in [2.45, 2.75) is 20.5 Å². The minimum Gasteiger partial charge on any atom is -0.377 e. The number of ether oxygens (including phenoxy) is 1. The maximum atomic E-state index is 12.7. The maximum absolute atomic E-state index is 12.7.